The molecular formula is C20H24Cl3N5. The number of hydrogen-bond donors (Lipinski definition) is 2. The Balaban J connectivity index is 1.45. The number of benzene rings is 1. The van der Waals surface area contributed by atoms with Crippen molar-refractivity contribution in [1.82, 2.24) is 15.3 Å². The maximum absolute atomic E-state index is 6.36. The van der Waals surface area contributed by atoms with Crippen LogP contribution in [0.4, 0.5) is 11.8 Å². The van der Waals surface area contributed by atoms with E-state index in [0.717, 1.165) is 36.4 Å². The van der Waals surface area contributed by atoms with E-state index in [4.69, 9.17) is 39.8 Å². The third-order valence-electron chi connectivity index (χ3n) is 5.82. The first kappa shape index (κ1) is 20.0. The second-order valence-electron chi connectivity index (χ2n) is 7.64. The third kappa shape index (κ3) is 4.33. The smallest absolute Gasteiger partial charge is 0.227 e. The van der Waals surface area contributed by atoms with Crippen molar-refractivity contribution in [2.45, 2.75) is 25.8 Å². The summed E-state index contributed by atoms with van der Waals surface area (Å²) in [5.74, 6) is 3.01. The normalized spacial score (nSPS) is 19.4. The molecule has 2 aliphatic heterocycles. The Morgan fingerprint density at radius 3 is 2.50 bits per heavy atom. The third-order valence-corrected chi connectivity index (χ3v) is 6.65. The van der Waals surface area contributed by atoms with Crippen LogP contribution in [0.2, 0.25) is 15.1 Å². The number of anilines is 2. The quantitative estimate of drug-likeness (QED) is 0.681. The van der Waals surface area contributed by atoms with Gasteiger partial charge in [0.25, 0.3) is 0 Å². The van der Waals surface area contributed by atoms with Gasteiger partial charge in [0, 0.05) is 23.1 Å². The number of nitrogens with zero attached hydrogens (tertiary/aromatic N) is 3. The molecule has 150 valence electrons. The molecule has 0 bridgehead atoms. The number of hydrogen-bond acceptors (Lipinski definition) is 5. The zero-order chi connectivity index (χ0) is 19.7. The van der Waals surface area contributed by atoms with Crippen molar-refractivity contribution in [3.8, 4) is 0 Å². The van der Waals surface area contributed by atoms with Crippen LogP contribution in [-0.4, -0.2) is 36.1 Å². The van der Waals surface area contributed by atoms with Gasteiger partial charge in [0.2, 0.25) is 5.95 Å². The van der Waals surface area contributed by atoms with Gasteiger partial charge in [-0.05, 0) is 62.4 Å². The molecule has 2 aromatic rings. The van der Waals surface area contributed by atoms with Gasteiger partial charge in [-0.2, -0.15) is 4.98 Å². The van der Waals surface area contributed by atoms with Crippen LogP contribution in [-0.2, 0) is 0 Å². The highest BCUT2D eigenvalue weighted by Crippen LogP contribution is 2.32. The number of halogens is 3. The highest BCUT2D eigenvalue weighted by atomic mass is 35.5. The van der Waals surface area contributed by atoms with Crippen LogP contribution in [0.5, 0.6) is 0 Å². The summed E-state index contributed by atoms with van der Waals surface area (Å²) in [5.41, 5.74) is 0.942. The van der Waals surface area contributed by atoms with Crippen molar-refractivity contribution >= 4 is 46.6 Å². The second-order valence-corrected chi connectivity index (χ2v) is 8.89. The molecule has 2 fully saturated rings. The summed E-state index contributed by atoms with van der Waals surface area (Å²) in [5, 5.41) is 8.47. The van der Waals surface area contributed by atoms with E-state index in [9.17, 15) is 0 Å². The van der Waals surface area contributed by atoms with E-state index in [2.05, 4.69) is 20.5 Å². The maximum atomic E-state index is 6.36. The Bertz CT molecular complexity index is 835. The Morgan fingerprint density at radius 2 is 1.86 bits per heavy atom. The molecule has 8 heteroatoms. The van der Waals surface area contributed by atoms with Gasteiger partial charge in [-0.25, -0.2) is 4.98 Å². The van der Waals surface area contributed by atoms with E-state index >= 15 is 0 Å². The zero-order valence-corrected chi connectivity index (χ0v) is 18.0. The summed E-state index contributed by atoms with van der Waals surface area (Å²) in [7, 11) is 0. The largest absolute Gasteiger partial charge is 0.362 e. The van der Waals surface area contributed by atoms with Gasteiger partial charge in [-0.3, -0.25) is 0 Å². The molecule has 0 aliphatic carbocycles. The lowest BCUT2D eigenvalue weighted by Crippen LogP contribution is -2.49. The molecule has 2 aliphatic rings. The van der Waals surface area contributed by atoms with E-state index < -0.39 is 0 Å². The molecular weight excluding hydrogens is 417 g/mol. The summed E-state index contributed by atoms with van der Waals surface area (Å²) in [4.78, 5) is 11.4. The monoisotopic (exact) mass is 439 g/mol. The predicted molar refractivity (Wildman–Crippen MR) is 117 cm³/mol. The fraction of sp³-hybridized carbons (Fsp3) is 0.500. The molecule has 2 N–H and O–H groups in total. The van der Waals surface area contributed by atoms with Crippen LogP contribution in [0, 0.1) is 11.8 Å². The van der Waals surface area contributed by atoms with Crippen molar-refractivity contribution in [2.24, 2.45) is 11.8 Å². The minimum atomic E-state index is -0.0677. The SMILES string of the molecule is C[C@@H](Nc1nc(N2CCC(C3CNC3)CC2)ncc1Cl)c1ccc(Cl)cc1Cl. The Kier molecular flexibility index (Phi) is 6.16. The van der Waals surface area contributed by atoms with Gasteiger partial charge in [0.05, 0.1) is 12.2 Å². The highest BCUT2D eigenvalue weighted by molar-refractivity contribution is 6.35. The standard InChI is InChI=1S/C20H24Cl3N5/c1-12(16-3-2-15(21)8-17(16)22)26-19-18(23)11-25-20(27-19)28-6-4-13(5-7-28)14-9-24-10-14/h2-3,8,11-14,24H,4-7,9-10H2,1H3,(H,25,26,27)/t12-/m1/s1. The lowest BCUT2D eigenvalue weighted by atomic mass is 9.81. The number of rotatable bonds is 5. The van der Waals surface area contributed by atoms with Gasteiger partial charge in [-0.1, -0.05) is 40.9 Å². The summed E-state index contributed by atoms with van der Waals surface area (Å²) in [6, 6.07) is 5.42. The van der Waals surface area contributed by atoms with E-state index in [1.807, 2.05) is 19.1 Å². The predicted octanol–water partition coefficient (Wildman–Crippen LogP) is 5.05. The minimum Gasteiger partial charge on any atom is -0.362 e. The van der Waals surface area contributed by atoms with E-state index in [1.165, 1.54) is 25.9 Å². The van der Waals surface area contributed by atoms with Crippen molar-refractivity contribution in [3.05, 3.63) is 45.0 Å². The molecule has 0 spiro atoms. The number of nitrogens with one attached hydrogen (secondary N) is 2. The van der Waals surface area contributed by atoms with Crippen LogP contribution in [0.25, 0.3) is 0 Å². The molecule has 0 saturated carbocycles. The minimum absolute atomic E-state index is 0.0677. The first-order valence-electron chi connectivity index (χ1n) is 9.71. The zero-order valence-electron chi connectivity index (χ0n) is 15.8. The molecule has 0 amide bonds. The maximum Gasteiger partial charge on any atom is 0.227 e. The van der Waals surface area contributed by atoms with E-state index in [-0.39, 0.29) is 6.04 Å². The Labute approximate surface area is 180 Å². The van der Waals surface area contributed by atoms with Crippen molar-refractivity contribution in [1.29, 1.82) is 0 Å². The van der Waals surface area contributed by atoms with Gasteiger partial charge >= 0.3 is 0 Å². The molecule has 1 atom stereocenters. The molecule has 1 aromatic heterocycles. The summed E-state index contributed by atoms with van der Waals surface area (Å²) in [6.45, 7) is 6.33. The van der Waals surface area contributed by atoms with Crippen molar-refractivity contribution in [2.75, 3.05) is 36.4 Å². The van der Waals surface area contributed by atoms with Crippen LogP contribution < -0.4 is 15.5 Å². The van der Waals surface area contributed by atoms with E-state index in [0.29, 0.717) is 20.9 Å². The summed E-state index contributed by atoms with van der Waals surface area (Å²) in [6.07, 6.45) is 4.06. The molecule has 0 unspecified atom stereocenters. The molecule has 0 radical (unpaired) electrons. The first-order chi connectivity index (χ1) is 13.5. The molecule has 28 heavy (non-hydrogen) atoms. The summed E-state index contributed by atoms with van der Waals surface area (Å²) < 4.78 is 0. The Hall–Kier alpha value is -1.27. The fourth-order valence-electron chi connectivity index (χ4n) is 3.96. The van der Waals surface area contributed by atoms with Crippen LogP contribution in [0.15, 0.2) is 24.4 Å². The average molecular weight is 441 g/mol. The molecule has 3 heterocycles. The second kappa shape index (κ2) is 8.62. The summed E-state index contributed by atoms with van der Waals surface area (Å²) >= 11 is 18.7. The average Bonchev–Trinajstić information content (AvgIpc) is 2.63. The van der Waals surface area contributed by atoms with Crippen LogP contribution in [0.3, 0.4) is 0 Å². The molecule has 5 nitrogen and oxygen atoms in total. The van der Waals surface area contributed by atoms with Crippen LogP contribution >= 0.6 is 34.8 Å². The van der Waals surface area contributed by atoms with Gasteiger partial charge in [0.15, 0.2) is 5.82 Å². The van der Waals surface area contributed by atoms with E-state index in [1.54, 1.807) is 12.3 Å². The van der Waals surface area contributed by atoms with Gasteiger partial charge < -0.3 is 15.5 Å². The topological polar surface area (TPSA) is 53.1 Å². The van der Waals surface area contributed by atoms with Gasteiger partial charge in [-0.15, -0.1) is 0 Å². The van der Waals surface area contributed by atoms with Crippen molar-refractivity contribution < 1.29 is 0 Å². The molecule has 2 saturated heterocycles. The number of aromatic nitrogens is 2. The molecule has 1 aromatic carbocycles. The Morgan fingerprint density at radius 1 is 1.11 bits per heavy atom. The highest BCUT2D eigenvalue weighted by Gasteiger charge is 2.31. The van der Waals surface area contributed by atoms with Gasteiger partial charge in [0.1, 0.15) is 5.02 Å². The van der Waals surface area contributed by atoms with Crippen molar-refractivity contribution in [3.63, 3.8) is 0 Å². The fourth-order valence-corrected chi connectivity index (χ4v) is 4.68. The number of piperidine rings is 1. The lowest BCUT2D eigenvalue weighted by molar-refractivity contribution is 0.199. The lowest BCUT2D eigenvalue weighted by Gasteiger charge is -2.40. The van der Waals surface area contributed by atoms with Crippen LogP contribution in [0.1, 0.15) is 31.4 Å². The first-order valence-corrected chi connectivity index (χ1v) is 10.8. The molecule has 4 rings (SSSR count).